The van der Waals surface area contributed by atoms with Gasteiger partial charge in [-0.3, -0.25) is 4.79 Å². The van der Waals surface area contributed by atoms with Gasteiger partial charge in [0, 0.05) is 42.6 Å². The monoisotopic (exact) mass is 492 g/mol. The van der Waals surface area contributed by atoms with E-state index in [1.807, 2.05) is 25.6 Å². The Morgan fingerprint density at radius 3 is 2.41 bits per heavy atom. The maximum Gasteiger partial charge on any atom is 0.175 e. The van der Waals surface area contributed by atoms with Crippen LogP contribution < -0.4 is 0 Å². The van der Waals surface area contributed by atoms with Crippen LogP contribution in [0.4, 0.5) is 0 Å². The number of ether oxygens (including phenoxy) is 6. The number of aliphatic hydroxyl groups excluding tert-OH is 1. The first-order chi connectivity index (χ1) is 15.4. The smallest absolute Gasteiger partial charge is 0.175 e. The number of hydrogen-bond donors (Lipinski definition) is 1. The lowest BCUT2D eigenvalue weighted by molar-refractivity contribution is -0.234. The molecule has 0 amide bonds. The van der Waals surface area contributed by atoms with Gasteiger partial charge < -0.3 is 33.5 Å². The van der Waals surface area contributed by atoms with E-state index in [0.717, 1.165) is 17.9 Å². The average Bonchev–Trinajstić information content (AvgIpc) is 3.45. The highest BCUT2D eigenvalue weighted by Gasteiger charge is 2.55. The fourth-order valence-electron chi connectivity index (χ4n) is 5.31. The van der Waals surface area contributed by atoms with Crippen LogP contribution >= 0.6 is 23.5 Å². The molecule has 4 fully saturated rings. The summed E-state index contributed by atoms with van der Waals surface area (Å²) in [5.41, 5.74) is 0. The van der Waals surface area contributed by atoms with Gasteiger partial charge in [-0.05, 0) is 12.7 Å². The van der Waals surface area contributed by atoms with Crippen molar-refractivity contribution in [1.82, 2.24) is 0 Å². The number of hydrogen-bond acceptors (Lipinski definition) is 10. The summed E-state index contributed by atoms with van der Waals surface area (Å²) in [4.78, 5) is 13.8. The molecule has 4 aliphatic rings. The fourth-order valence-corrected chi connectivity index (χ4v) is 7.96. The van der Waals surface area contributed by atoms with Crippen LogP contribution in [-0.2, 0) is 33.2 Å². The maximum atomic E-state index is 13.8. The first-order valence-corrected chi connectivity index (χ1v) is 13.8. The number of rotatable bonds is 8. The highest BCUT2D eigenvalue weighted by Crippen LogP contribution is 2.46. The quantitative estimate of drug-likeness (QED) is 0.506. The summed E-state index contributed by atoms with van der Waals surface area (Å²) in [6, 6.07) is 0. The molecule has 0 bridgehead atoms. The van der Waals surface area contributed by atoms with Crippen molar-refractivity contribution in [2.75, 3.05) is 63.3 Å². The third-order valence-corrected chi connectivity index (χ3v) is 9.62. The van der Waals surface area contributed by atoms with Crippen LogP contribution in [0.2, 0.25) is 0 Å². The van der Waals surface area contributed by atoms with Crippen molar-refractivity contribution in [1.29, 1.82) is 0 Å². The zero-order valence-corrected chi connectivity index (χ0v) is 20.8. The van der Waals surface area contributed by atoms with Gasteiger partial charge in [-0.2, -0.15) is 23.5 Å². The van der Waals surface area contributed by atoms with Gasteiger partial charge >= 0.3 is 0 Å². The Bertz CT molecular complexity index is 637. The number of aliphatic hydroxyl groups is 1. The Balaban J connectivity index is 1.54. The second-order valence-corrected chi connectivity index (χ2v) is 11.3. The molecule has 0 saturated carbocycles. The van der Waals surface area contributed by atoms with E-state index < -0.39 is 29.7 Å². The predicted octanol–water partition coefficient (Wildman–Crippen LogP) is 1.78. The highest BCUT2D eigenvalue weighted by atomic mass is 32.2. The van der Waals surface area contributed by atoms with Gasteiger partial charge in [0.2, 0.25) is 0 Å². The van der Waals surface area contributed by atoms with Crippen LogP contribution in [0.15, 0.2) is 0 Å². The van der Waals surface area contributed by atoms with Gasteiger partial charge in [-0.15, -0.1) is 0 Å². The summed E-state index contributed by atoms with van der Waals surface area (Å²) >= 11 is 3.52. The van der Waals surface area contributed by atoms with E-state index in [4.69, 9.17) is 28.4 Å². The highest BCUT2D eigenvalue weighted by molar-refractivity contribution is 7.99. The Morgan fingerprint density at radius 2 is 1.72 bits per heavy atom. The average molecular weight is 493 g/mol. The van der Waals surface area contributed by atoms with E-state index >= 15 is 0 Å². The van der Waals surface area contributed by atoms with Gasteiger partial charge in [-0.25, -0.2) is 0 Å². The molecule has 4 saturated heterocycles. The van der Waals surface area contributed by atoms with Crippen molar-refractivity contribution in [2.24, 2.45) is 23.7 Å². The second kappa shape index (κ2) is 10.8. The molecule has 1 N–H and O–H groups in total. The molecule has 0 aromatic heterocycles. The Kier molecular flexibility index (Phi) is 8.49. The summed E-state index contributed by atoms with van der Waals surface area (Å²) in [6.07, 6.45) is -0.488. The van der Waals surface area contributed by atoms with Gasteiger partial charge in [0.05, 0.1) is 50.5 Å². The van der Waals surface area contributed by atoms with Crippen LogP contribution in [0.1, 0.15) is 20.3 Å². The number of Topliss-reactive ketones (excluding diaryl/α,β-unsaturated/α-hetero) is 1. The normalized spacial score (nSPS) is 35.1. The molecular formula is C22H36O8S2. The van der Waals surface area contributed by atoms with Crippen LogP contribution in [0.25, 0.3) is 0 Å². The molecule has 0 aromatic rings. The van der Waals surface area contributed by atoms with E-state index in [0.29, 0.717) is 37.9 Å². The summed E-state index contributed by atoms with van der Waals surface area (Å²) < 4.78 is 35.1. The number of ketones is 1. The van der Waals surface area contributed by atoms with Gasteiger partial charge in [0.15, 0.2) is 11.6 Å². The van der Waals surface area contributed by atoms with Crippen molar-refractivity contribution in [2.45, 2.75) is 44.1 Å². The van der Waals surface area contributed by atoms with Gasteiger partial charge in [-0.1, -0.05) is 6.92 Å². The molecule has 184 valence electrons. The molecule has 0 aliphatic carbocycles. The SMILES string of the molecule is COCO[C@@H]([C@@H]1CSC[C@@H]([C@H](O)[C@H](C)C2(C)OCCO2)C1=O)[C@H]1CSCCC12OCCO2. The molecule has 4 heterocycles. The topological polar surface area (TPSA) is 92.7 Å². The van der Waals surface area contributed by atoms with Crippen LogP contribution in [0.3, 0.4) is 0 Å². The first kappa shape index (κ1) is 25.2. The third-order valence-electron chi connectivity index (χ3n) is 7.34. The minimum absolute atomic E-state index is 0.0366. The van der Waals surface area contributed by atoms with Crippen molar-refractivity contribution in [3.8, 4) is 0 Å². The lowest BCUT2D eigenvalue weighted by Gasteiger charge is -2.46. The summed E-state index contributed by atoms with van der Waals surface area (Å²) in [6.45, 7) is 5.94. The molecule has 8 nitrogen and oxygen atoms in total. The number of thioether (sulfide) groups is 2. The fraction of sp³-hybridized carbons (Fsp3) is 0.955. The number of carbonyl (C=O) groups is 1. The van der Waals surface area contributed by atoms with Crippen molar-refractivity contribution in [3.63, 3.8) is 0 Å². The minimum Gasteiger partial charge on any atom is -0.392 e. The van der Waals surface area contributed by atoms with Crippen LogP contribution in [0, 0.1) is 23.7 Å². The first-order valence-electron chi connectivity index (χ1n) is 11.5. The van der Waals surface area contributed by atoms with E-state index in [1.165, 1.54) is 0 Å². The van der Waals surface area contributed by atoms with Crippen molar-refractivity contribution >= 4 is 29.3 Å². The molecule has 4 rings (SSSR count). The Labute approximate surface area is 198 Å². The Hall–Kier alpha value is 0.0900. The molecular weight excluding hydrogens is 456 g/mol. The Morgan fingerprint density at radius 1 is 1.06 bits per heavy atom. The molecule has 32 heavy (non-hydrogen) atoms. The van der Waals surface area contributed by atoms with Crippen molar-refractivity contribution in [3.05, 3.63) is 0 Å². The molecule has 6 atom stereocenters. The van der Waals surface area contributed by atoms with E-state index in [1.54, 1.807) is 18.9 Å². The molecule has 4 aliphatic heterocycles. The standard InChI is InChI=1S/C22H36O8S2/c1-14(21(2)27-5-6-28-21)18(23)15-10-32-11-16(19(15)24)20(26-13-25-3)17-12-31-9-4-22(17)29-7-8-30-22/h14-18,20,23H,4-13H2,1-3H3/t14-,15-,16+,17+,18+,20-/m0/s1. The van der Waals surface area contributed by atoms with Crippen LogP contribution in [0.5, 0.6) is 0 Å². The summed E-state index contributed by atoms with van der Waals surface area (Å²) in [7, 11) is 1.58. The van der Waals surface area contributed by atoms with Gasteiger partial charge in [0.1, 0.15) is 12.6 Å². The lowest BCUT2D eigenvalue weighted by Crippen LogP contribution is -2.57. The van der Waals surface area contributed by atoms with E-state index in [2.05, 4.69) is 0 Å². The zero-order chi connectivity index (χ0) is 22.8. The molecule has 0 unspecified atom stereocenters. The minimum atomic E-state index is -0.876. The van der Waals surface area contributed by atoms with Crippen LogP contribution in [-0.4, -0.2) is 98.0 Å². The second-order valence-electron chi connectivity index (χ2n) is 9.12. The largest absolute Gasteiger partial charge is 0.392 e. The summed E-state index contributed by atoms with van der Waals surface area (Å²) in [5.74, 6) is 0.130. The summed E-state index contributed by atoms with van der Waals surface area (Å²) in [5, 5.41) is 11.2. The predicted molar refractivity (Wildman–Crippen MR) is 122 cm³/mol. The molecule has 0 radical (unpaired) electrons. The van der Waals surface area contributed by atoms with E-state index in [-0.39, 0.29) is 30.3 Å². The van der Waals surface area contributed by atoms with Crippen molar-refractivity contribution < 1.29 is 38.3 Å². The molecule has 1 spiro atoms. The zero-order valence-electron chi connectivity index (χ0n) is 19.2. The lowest BCUT2D eigenvalue weighted by atomic mass is 9.76. The van der Waals surface area contributed by atoms with E-state index in [9.17, 15) is 9.90 Å². The maximum absolute atomic E-state index is 13.8. The molecule has 0 aromatic carbocycles. The van der Waals surface area contributed by atoms with Gasteiger partial charge in [0.25, 0.3) is 0 Å². The number of carbonyl (C=O) groups excluding carboxylic acids is 1. The third kappa shape index (κ3) is 4.90. The molecule has 10 heteroatoms. The number of methoxy groups -OCH3 is 1.